The van der Waals surface area contributed by atoms with Crippen LogP contribution in [0.5, 0.6) is 5.75 Å². The molecule has 1 unspecified atom stereocenters. The number of aliphatic hydroxyl groups is 1. The van der Waals surface area contributed by atoms with Gasteiger partial charge in [0.2, 0.25) is 0 Å². The minimum Gasteiger partial charge on any atom is -0.507 e. The molecular weight excluding hydrogens is 492 g/mol. The van der Waals surface area contributed by atoms with Gasteiger partial charge in [-0.25, -0.2) is 0 Å². The van der Waals surface area contributed by atoms with Gasteiger partial charge in [0, 0.05) is 31.7 Å². The van der Waals surface area contributed by atoms with Gasteiger partial charge in [0.05, 0.1) is 24.8 Å². The topological polar surface area (TPSA) is 79.3 Å². The number of rotatable bonds is 8. The number of ketones is 1. The Morgan fingerprint density at radius 3 is 2.31 bits per heavy atom. The van der Waals surface area contributed by atoms with E-state index in [9.17, 15) is 14.7 Å². The van der Waals surface area contributed by atoms with Crippen molar-refractivity contribution < 1.29 is 24.2 Å². The summed E-state index contributed by atoms with van der Waals surface area (Å²) in [6.45, 7) is 8.37. The van der Waals surface area contributed by atoms with Crippen LogP contribution in [0.4, 0.5) is 0 Å². The fraction of sp³-hybridized carbons (Fsp3) is 0.312. The second-order valence-corrected chi connectivity index (χ2v) is 10.1. The van der Waals surface area contributed by atoms with E-state index >= 15 is 0 Å². The second-order valence-electron chi connectivity index (χ2n) is 10.1. The maximum absolute atomic E-state index is 13.3. The first-order valence-electron chi connectivity index (χ1n) is 13.3. The monoisotopic (exact) mass is 526 g/mol. The number of nitrogens with zero attached hydrogens (tertiary/aromatic N) is 2. The Kier molecular flexibility index (Phi) is 8.10. The van der Waals surface area contributed by atoms with Crippen LogP contribution in [0.3, 0.4) is 0 Å². The zero-order chi connectivity index (χ0) is 27.4. The Labute approximate surface area is 229 Å². The summed E-state index contributed by atoms with van der Waals surface area (Å²) in [6, 6.07) is 22.1. The van der Waals surface area contributed by atoms with Crippen LogP contribution in [-0.2, 0) is 20.9 Å². The molecule has 0 saturated carbocycles. The first-order valence-corrected chi connectivity index (χ1v) is 13.3. The van der Waals surface area contributed by atoms with Crippen LogP contribution in [0.25, 0.3) is 5.76 Å². The third-order valence-electron chi connectivity index (χ3n) is 7.48. The van der Waals surface area contributed by atoms with Gasteiger partial charge >= 0.3 is 0 Å². The molecule has 5 rings (SSSR count). The van der Waals surface area contributed by atoms with Gasteiger partial charge in [0.1, 0.15) is 18.1 Å². The molecule has 7 heteroatoms. The van der Waals surface area contributed by atoms with Crippen molar-refractivity contribution in [3.05, 3.63) is 106 Å². The molecule has 3 aromatic carbocycles. The smallest absolute Gasteiger partial charge is 0.295 e. The van der Waals surface area contributed by atoms with Crippen molar-refractivity contribution in [3.8, 4) is 5.75 Å². The average Bonchev–Trinajstić information content (AvgIpc) is 3.21. The molecule has 2 saturated heterocycles. The molecule has 1 amide bonds. The van der Waals surface area contributed by atoms with Crippen LogP contribution in [0.15, 0.2) is 78.4 Å². The molecule has 2 fully saturated rings. The molecule has 0 aliphatic carbocycles. The van der Waals surface area contributed by atoms with E-state index in [1.54, 1.807) is 29.2 Å². The van der Waals surface area contributed by atoms with Gasteiger partial charge in [0.25, 0.3) is 11.7 Å². The predicted molar refractivity (Wildman–Crippen MR) is 149 cm³/mol. The van der Waals surface area contributed by atoms with Gasteiger partial charge in [0.15, 0.2) is 0 Å². The quantitative estimate of drug-likeness (QED) is 0.262. The number of ether oxygens (including phenoxy) is 2. The Morgan fingerprint density at radius 1 is 0.923 bits per heavy atom. The molecule has 39 heavy (non-hydrogen) atoms. The maximum Gasteiger partial charge on any atom is 0.295 e. The minimum atomic E-state index is -0.667. The molecule has 1 N–H and O–H groups in total. The van der Waals surface area contributed by atoms with E-state index < -0.39 is 17.7 Å². The zero-order valence-corrected chi connectivity index (χ0v) is 22.4. The molecule has 2 aliphatic heterocycles. The molecule has 2 heterocycles. The van der Waals surface area contributed by atoms with Crippen molar-refractivity contribution >= 4 is 17.4 Å². The lowest BCUT2D eigenvalue weighted by molar-refractivity contribution is -0.140. The average molecular weight is 527 g/mol. The lowest BCUT2D eigenvalue weighted by atomic mass is 9.94. The molecule has 0 radical (unpaired) electrons. The van der Waals surface area contributed by atoms with Crippen LogP contribution in [0, 0.1) is 13.8 Å². The van der Waals surface area contributed by atoms with E-state index in [1.807, 2.05) is 62.4 Å². The van der Waals surface area contributed by atoms with Crippen molar-refractivity contribution in [1.82, 2.24) is 9.80 Å². The molecule has 7 nitrogen and oxygen atoms in total. The third-order valence-corrected chi connectivity index (χ3v) is 7.48. The highest BCUT2D eigenvalue weighted by molar-refractivity contribution is 6.46. The SMILES string of the molecule is Cc1ccc(C2C(=C(O)c3ccc(OCc4ccccc4C)cc3)C(=O)C(=O)N2CCN2CCOCC2)cc1. The van der Waals surface area contributed by atoms with Crippen LogP contribution in [-0.4, -0.2) is 66.0 Å². The number of morpholine rings is 1. The van der Waals surface area contributed by atoms with Crippen LogP contribution < -0.4 is 4.74 Å². The summed E-state index contributed by atoms with van der Waals surface area (Å²) in [4.78, 5) is 30.4. The lowest BCUT2D eigenvalue weighted by Gasteiger charge is -2.31. The Morgan fingerprint density at radius 2 is 1.62 bits per heavy atom. The number of hydrogen-bond acceptors (Lipinski definition) is 6. The normalized spacial score (nSPS) is 19.4. The Hall–Kier alpha value is -3.94. The summed E-state index contributed by atoms with van der Waals surface area (Å²) < 4.78 is 11.4. The number of hydrogen-bond donors (Lipinski definition) is 1. The highest BCUT2D eigenvalue weighted by Gasteiger charge is 2.46. The summed E-state index contributed by atoms with van der Waals surface area (Å²) in [5.74, 6) is -0.789. The van der Waals surface area contributed by atoms with Gasteiger partial charge < -0.3 is 19.5 Å². The van der Waals surface area contributed by atoms with Crippen LogP contribution in [0.2, 0.25) is 0 Å². The summed E-state index contributed by atoms with van der Waals surface area (Å²) in [7, 11) is 0. The molecule has 202 valence electrons. The summed E-state index contributed by atoms with van der Waals surface area (Å²) >= 11 is 0. The summed E-state index contributed by atoms with van der Waals surface area (Å²) in [5, 5.41) is 11.4. The molecular formula is C32H34N2O5. The van der Waals surface area contributed by atoms with E-state index in [1.165, 1.54) is 0 Å². The molecule has 2 aliphatic rings. The fourth-order valence-corrected chi connectivity index (χ4v) is 5.08. The van der Waals surface area contributed by atoms with E-state index in [4.69, 9.17) is 9.47 Å². The Bertz CT molecular complexity index is 1360. The van der Waals surface area contributed by atoms with Crippen molar-refractivity contribution in [1.29, 1.82) is 0 Å². The van der Waals surface area contributed by atoms with Crippen molar-refractivity contribution in [2.45, 2.75) is 26.5 Å². The summed E-state index contributed by atoms with van der Waals surface area (Å²) in [6.07, 6.45) is 0. The molecule has 0 spiro atoms. The van der Waals surface area contributed by atoms with E-state index in [2.05, 4.69) is 4.90 Å². The van der Waals surface area contributed by atoms with Gasteiger partial charge in [-0.15, -0.1) is 0 Å². The van der Waals surface area contributed by atoms with E-state index in [0.29, 0.717) is 44.2 Å². The molecule has 0 aromatic heterocycles. The number of aliphatic hydroxyl groups excluding tert-OH is 1. The first kappa shape index (κ1) is 26.7. The van der Waals surface area contributed by atoms with Gasteiger partial charge in [-0.1, -0.05) is 54.1 Å². The molecule has 0 bridgehead atoms. The summed E-state index contributed by atoms with van der Waals surface area (Å²) in [5.41, 5.74) is 4.69. The van der Waals surface area contributed by atoms with Crippen molar-refractivity contribution in [2.24, 2.45) is 0 Å². The second kappa shape index (κ2) is 11.8. The van der Waals surface area contributed by atoms with Gasteiger partial charge in [-0.3, -0.25) is 14.5 Å². The number of carbonyl (C=O) groups excluding carboxylic acids is 2. The molecule has 3 aromatic rings. The van der Waals surface area contributed by atoms with E-state index in [-0.39, 0.29) is 11.3 Å². The number of likely N-dealkylation sites (tertiary alicyclic amines) is 1. The zero-order valence-electron chi connectivity index (χ0n) is 22.4. The predicted octanol–water partition coefficient (Wildman–Crippen LogP) is 4.64. The molecule has 1 atom stereocenters. The van der Waals surface area contributed by atoms with Crippen molar-refractivity contribution in [3.63, 3.8) is 0 Å². The Balaban J connectivity index is 1.41. The number of carbonyl (C=O) groups is 2. The standard InChI is InChI=1S/C32H34N2O5/c1-22-7-9-24(10-8-22)29-28(31(36)32(37)34(29)16-15-33-17-19-38-20-18-33)30(35)25-11-13-27(14-12-25)39-21-26-6-4-3-5-23(26)2/h3-14,29,35H,15-21H2,1-2H3. The van der Waals surface area contributed by atoms with Crippen molar-refractivity contribution in [2.75, 3.05) is 39.4 Å². The largest absolute Gasteiger partial charge is 0.507 e. The lowest BCUT2D eigenvalue weighted by Crippen LogP contribution is -2.42. The third kappa shape index (κ3) is 5.90. The number of amides is 1. The van der Waals surface area contributed by atoms with Gasteiger partial charge in [-0.2, -0.15) is 0 Å². The number of aryl methyl sites for hydroxylation is 2. The van der Waals surface area contributed by atoms with Gasteiger partial charge in [-0.05, 0) is 54.8 Å². The van der Waals surface area contributed by atoms with Crippen LogP contribution in [0.1, 0.15) is 33.9 Å². The first-order chi connectivity index (χ1) is 18.9. The van der Waals surface area contributed by atoms with Crippen LogP contribution >= 0.6 is 0 Å². The van der Waals surface area contributed by atoms with E-state index in [0.717, 1.165) is 35.3 Å². The number of benzene rings is 3. The highest BCUT2D eigenvalue weighted by atomic mass is 16.5. The fourth-order valence-electron chi connectivity index (χ4n) is 5.08. The number of Topliss-reactive ketones (excluding diaryl/α,β-unsaturated/α-hetero) is 1. The minimum absolute atomic E-state index is 0.111. The maximum atomic E-state index is 13.3. The highest BCUT2D eigenvalue weighted by Crippen LogP contribution is 2.39.